The van der Waals surface area contributed by atoms with Crippen LogP contribution in [0.2, 0.25) is 0 Å². The number of benzene rings is 6. The number of fused-ring (bicyclic) bond motifs is 9. The fraction of sp³-hybridized carbons (Fsp3) is 0. The van der Waals surface area contributed by atoms with Gasteiger partial charge in [0.2, 0.25) is 0 Å². The molecular weight excluding hydrogens is 501 g/mol. The van der Waals surface area contributed by atoms with Crippen LogP contribution in [0.4, 0.5) is 0 Å². The van der Waals surface area contributed by atoms with Crippen LogP contribution >= 0.6 is 22.6 Å². The lowest BCUT2D eigenvalue weighted by Gasteiger charge is -2.12. The number of rotatable bonds is 1. The number of nitrogens with zero attached hydrogens (tertiary/aromatic N) is 1. The molecule has 0 aliphatic carbocycles. The Morgan fingerprint density at radius 2 is 0.906 bits per heavy atom. The molecule has 0 atom stereocenters. The average molecular weight is 519 g/mol. The summed E-state index contributed by atoms with van der Waals surface area (Å²) >= 11 is 2.37. The molecule has 0 saturated heterocycles. The molecule has 0 bridgehead atoms. The molecule has 0 N–H and O–H groups in total. The summed E-state index contributed by atoms with van der Waals surface area (Å²) in [5.74, 6) is 0. The number of aromatic nitrogens is 1. The summed E-state index contributed by atoms with van der Waals surface area (Å²) in [6.07, 6.45) is 0. The van der Waals surface area contributed by atoms with Crippen LogP contribution in [-0.4, -0.2) is 4.57 Å². The van der Waals surface area contributed by atoms with E-state index in [1.807, 2.05) is 0 Å². The van der Waals surface area contributed by atoms with Crippen molar-refractivity contribution in [2.45, 2.75) is 0 Å². The SMILES string of the molecule is Ic1ccc(-n2c3ccccc3c3cc4c5ccccc5c5ccccc5c4cc32)cc1. The lowest BCUT2D eigenvalue weighted by atomic mass is 9.93. The number of halogens is 1. The molecule has 7 rings (SSSR count). The highest BCUT2D eigenvalue weighted by atomic mass is 127. The van der Waals surface area contributed by atoms with Gasteiger partial charge in [-0.15, -0.1) is 0 Å². The monoisotopic (exact) mass is 519 g/mol. The summed E-state index contributed by atoms with van der Waals surface area (Å²) < 4.78 is 3.65. The maximum absolute atomic E-state index is 2.41. The molecule has 150 valence electrons. The predicted octanol–water partition coefficient (Wildman–Crippen LogP) is 8.85. The first kappa shape index (κ1) is 18.2. The third kappa shape index (κ3) is 2.50. The number of para-hydroxylation sites is 1. The zero-order valence-electron chi connectivity index (χ0n) is 17.2. The normalized spacial score (nSPS) is 11.9. The maximum atomic E-state index is 2.41. The Hall–Kier alpha value is -3.37. The van der Waals surface area contributed by atoms with Crippen LogP contribution < -0.4 is 0 Å². The molecule has 0 fully saturated rings. The van der Waals surface area contributed by atoms with Crippen molar-refractivity contribution in [3.05, 3.63) is 113 Å². The molecule has 0 unspecified atom stereocenters. The molecule has 0 spiro atoms. The van der Waals surface area contributed by atoms with Gasteiger partial charge >= 0.3 is 0 Å². The summed E-state index contributed by atoms with van der Waals surface area (Å²) in [4.78, 5) is 0. The van der Waals surface area contributed by atoms with Gasteiger partial charge in [-0.05, 0) is 97.4 Å². The Kier molecular flexibility index (Phi) is 3.88. The van der Waals surface area contributed by atoms with E-state index >= 15 is 0 Å². The van der Waals surface area contributed by atoms with Gasteiger partial charge in [-0.1, -0.05) is 66.7 Å². The fourth-order valence-corrected chi connectivity index (χ4v) is 5.59. The Morgan fingerprint density at radius 1 is 0.406 bits per heavy atom. The topological polar surface area (TPSA) is 4.93 Å². The van der Waals surface area contributed by atoms with Gasteiger partial charge in [0.1, 0.15) is 0 Å². The van der Waals surface area contributed by atoms with Gasteiger partial charge in [0, 0.05) is 20.0 Å². The van der Waals surface area contributed by atoms with E-state index in [2.05, 4.69) is 136 Å². The molecule has 0 aliphatic heterocycles. The van der Waals surface area contributed by atoms with Crippen LogP contribution in [0.1, 0.15) is 0 Å². The van der Waals surface area contributed by atoms with Crippen LogP contribution in [0.15, 0.2) is 109 Å². The molecule has 0 radical (unpaired) electrons. The largest absolute Gasteiger partial charge is 0.309 e. The smallest absolute Gasteiger partial charge is 0.0547 e. The summed E-state index contributed by atoms with van der Waals surface area (Å²) in [6, 6.07) is 39.9. The van der Waals surface area contributed by atoms with Crippen LogP contribution in [0.3, 0.4) is 0 Å². The van der Waals surface area contributed by atoms with Crippen LogP contribution in [0, 0.1) is 3.57 Å². The van der Waals surface area contributed by atoms with Gasteiger partial charge in [-0.3, -0.25) is 0 Å². The van der Waals surface area contributed by atoms with E-state index in [1.54, 1.807) is 0 Å². The summed E-state index contributed by atoms with van der Waals surface area (Å²) in [5, 5.41) is 10.5. The lowest BCUT2D eigenvalue weighted by Crippen LogP contribution is -1.94. The summed E-state index contributed by atoms with van der Waals surface area (Å²) in [7, 11) is 0. The van der Waals surface area contributed by atoms with E-state index < -0.39 is 0 Å². The van der Waals surface area contributed by atoms with Gasteiger partial charge < -0.3 is 4.57 Å². The van der Waals surface area contributed by atoms with Crippen LogP contribution in [-0.2, 0) is 0 Å². The Morgan fingerprint density at radius 3 is 1.53 bits per heavy atom. The minimum absolute atomic E-state index is 1.20. The number of hydrogen-bond donors (Lipinski definition) is 0. The van der Waals surface area contributed by atoms with Crippen molar-refractivity contribution in [1.29, 1.82) is 0 Å². The quantitative estimate of drug-likeness (QED) is 0.151. The van der Waals surface area contributed by atoms with E-state index in [0.29, 0.717) is 0 Å². The van der Waals surface area contributed by atoms with Gasteiger partial charge in [-0.2, -0.15) is 0 Å². The van der Waals surface area contributed by atoms with Crippen molar-refractivity contribution in [2.24, 2.45) is 0 Å². The van der Waals surface area contributed by atoms with Crippen molar-refractivity contribution in [2.75, 3.05) is 0 Å². The second-order valence-electron chi connectivity index (χ2n) is 8.34. The number of hydrogen-bond acceptors (Lipinski definition) is 0. The van der Waals surface area contributed by atoms with E-state index in [9.17, 15) is 0 Å². The molecule has 0 saturated carbocycles. The first-order valence-corrected chi connectivity index (χ1v) is 11.9. The van der Waals surface area contributed by atoms with Crippen molar-refractivity contribution in [3.8, 4) is 5.69 Å². The Labute approximate surface area is 199 Å². The molecule has 1 heterocycles. The Balaban J connectivity index is 1.75. The Bertz CT molecular complexity index is 1820. The predicted molar refractivity (Wildman–Crippen MR) is 146 cm³/mol. The first-order chi connectivity index (χ1) is 15.8. The zero-order valence-corrected chi connectivity index (χ0v) is 19.4. The van der Waals surface area contributed by atoms with Gasteiger partial charge in [0.25, 0.3) is 0 Å². The first-order valence-electron chi connectivity index (χ1n) is 10.8. The highest BCUT2D eigenvalue weighted by Gasteiger charge is 2.16. The summed E-state index contributed by atoms with van der Waals surface area (Å²) in [6.45, 7) is 0. The average Bonchev–Trinajstić information content (AvgIpc) is 3.17. The highest BCUT2D eigenvalue weighted by molar-refractivity contribution is 14.1. The second-order valence-corrected chi connectivity index (χ2v) is 9.58. The van der Waals surface area contributed by atoms with Crippen molar-refractivity contribution < 1.29 is 0 Å². The van der Waals surface area contributed by atoms with Gasteiger partial charge in [0.05, 0.1) is 11.0 Å². The van der Waals surface area contributed by atoms with Crippen molar-refractivity contribution in [3.63, 3.8) is 0 Å². The van der Waals surface area contributed by atoms with Gasteiger partial charge in [-0.25, -0.2) is 0 Å². The summed E-state index contributed by atoms with van der Waals surface area (Å²) in [5.41, 5.74) is 3.69. The molecule has 1 aromatic heterocycles. The highest BCUT2D eigenvalue weighted by Crippen LogP contribution is 2.40. The van der Waals surface area contributed by atoms with Crippen molar-refractivity contribution in [1.82, 2.24) is 4.57 Å². The minimum Gasteiger partial charge on any atom is -0.309 e. The lowest BCUT2D eigenvalue weighted by molar-refractivity contribution is 1.18. The van der Waals surface area contributed by atoms with Crippen LogP contribution in [0.5, 0.6) is 0 Å². The third-order valence-corrected chi connectivity index (χ3v) is 7.34. The maximum Gasteiger partial charge on any atom is 0.0547 e. The molecule has 7 aromatic rings. The standard InChI is InChI=1S/C30H18IN/c31-19-13-15-20(16-14-19)32-29-12-6-5-11-25(29)28-17-26-23-9-3-1-7-21(23)22-8-2-4-10-24(22)27(26)18-30(28)32/h1-18H. The molecule has 0 aliphatic rings. The van der Waals surface area contributed by atoms with E-state index in [0.717, 1.165) is 0 Å². The molecule has 1 nitrogen and oxygen atoms in total. The third-order valence-electron chi connectivity index (χ3n) is 6.62. The molecule has 6 aromatic carbocycles. The minimum atomic E-state index is 1.20. The zero-order chi connectivity index (χ0) is 21.2. The van der Waals surface area contributed by atoms with Crippen molar-refractivity contribution >= 4 is 76.7 Å². The van der Waals surface area contributed by atoms with E-state index in [4.69, 9.17) is 0 Å². The fourth-order valence-electron chi connectivity index (χ4n) is 5.23. The van der Waals surface area contributed by atoms with Crippen LogP contribution in [0.25, 0.3) is 59.8 Å². The molecule has 2 heteroatoms. The second kappa shape index (κ2) is 6.81. The van der Waals surface area contributed by atoms with Gasteiger partial charge in [0.15, 0.2) is 0 Å². The molecule has 32 heavy (non-hydrogen) atoms. The van der Waals surface area contributed by atoms with E-state index in [1.165, 1.54) is 63.4 Å². The molecule has 0 amide bonds. The van der Waals surface area contributed by atoms with E-state index in [-0.39, 0.29) is 0 Å². The molecular formula is C30H18IN.